The van der Waals surface area contributed by atoms with Crippen molar-refractivity contribution in [2.75, 3.05) is 12.4 Å². The number of carbonyl (C=O) groups is 3. The van der Waals surface area contributed by atoms with Gasteiger partial charge in [-0.2, -0.15) is 0 Å². The number of methoxy groups -OCH3 is 1. The lowest BCUT2D eigenvalue weighted by Gasteiger charge is -2.18. The number of amides is 2. The minimum atomic E-state index is -0.705. The van der Waals surface area contributed by atoms with E-state index in [1.807, 2.05) is 0 Å². The van der Waals surface area contributed by atoms with E-state index < -0.39 is 12.0 Å². The van der Waals surface area contributed by atoms with Crippen molar-refractivity contribution in [1.82, 2.24) is 5.32 Å². The zero-order valence-electron chi connectivity index (χ0n) is 11.4. The molecule has 6 heteroatoms. The summed E-state index contributed by atoms with van der Waals surface area (Å²) >= 11 is 0. The number of aryl methyl sites for hydroxylation is 1. The van der Waals surface area contributed by atoms with E-state index in [4.69, 9.17) is 0 Å². The van der Waals surface area contributed by atoms with Gasteiger partial charge >= 0.3 is 5.97 Å². The van der Waals surface area contributed by atoms with Crippen LogP contribution in [0.5, 0.6) is 0 Å². The van der Waals surface area contributed by atoms with E-state index in [2.05, 4.69) is 15.4 Å². The molecule has 0 saturated carbocycles. The first-order valence-electron chi connectivity index (χ1n) is 6.32. The lowest BCUT2D eigenvalue weighted by Crippen LogP contribution is -2.39. The molecule has 0 bridgehead atoms. The third-order valence-corrected chi connectivity index (χ3v) is 3.17. The van der Waals surface area contributed by atoms with Gasteiger partial charge in [-0.1, -0.05) is 0 Å². The largest absolute Gasteiger partial charge is 0.467 e. The fourth-order valence-corrected chi connectivity index (χ4v) is 2.04. The maximum absolute atomic E-state index is 12.0. The van der Waals surface area contributed by atoms with E-state index in [0.29, 0.717) is 18.4 Å². The second-order valence-corrected chi connectivity index (χ2v) is 4.64. The van der Waals surface area contributed by atoms with Crippen LogP contribution in [0.4, 0.5) is 5.69 Å². The SMILES string of the molecule is COC(=O)C(C)NC(=O)c1ccc2c(c1)CCC(=O)N2. The van der Waals surface area contributed by atoms with Crippen LogP contribution < -0.4 is 10.6 Å². The van der Waals surface area contributed by atoms with Gasteiger partial charge in [-0.15, -0.1) is 0 Å². The Labute approximate surface area is 116 Å². The first kappa shape index (κ1) is 14.0. The Bertz CT molecular complexity index is 568. The predicted octanol–water partition coefficient (Wildman–Crippen LogP) is 0.863. The van der Waals surface area contributed by atoms with Gasteiger partial charge in [0.2, 0.25) is 5.91 Å². The summed E-state index contributed by atoms with van der Waals surface area (Å²) in [6.45, 7) is 1.56. The number of nitrogens with one attached hydrogen (secondary N) is 2. The van der Waals surface area contributed by atoms with Crippen LogP contribution in [0.15, 0.2) is 18.2 Å². The standard InChI is InChI=1S/C14H16N2O4/c1-8(14(19)20-2)15-13(18)10-3-5-11-9(7-10)4-6-12(17)16-11/h3,5,7-8H,4,6H2,1-2H3,(H,15,18)(H,16,17). The van der Waals surface area contributed by atoms with Crippen LogP contribution in [0.3, 0.4) is 0 Å². The third-order valence-electron chi connectivity index (χ3n) is 3.17. The van der Waals surface area contributed by atoms with Gasteiger partial charge in [0.25, 0.3) is 5.91 Å². The summed E-state index contributed by atoms with van der Waals surface area (Å²) in [6, 6.07) is 4.34. The molecule has 0 aromatic heterocycles. The number of hydrogen-bond acceptors (Lipinski definition) is 4. The lowest BCUT2D eigenvalue weighted by atomic mass is 10.00. The van der Waals surface area contributed by atoms with Crippen LogP contribution in [0.25, 0.3) is 0 Å². The van der Waals surface area contributed by atoms with Gasteiger partial charge in [-0.3, -0.25) is 9.59 Å². The van der Waals surface area contributed by atoms with Gasteiger partial charge in [-0.05, 0) is 37.1 Å². The second kappa shape index (κ2) is 5.73. The van der Waals surface area contributed by atoms with Gasteiger partial charge in [0, 0.05) is 17.7 Å². The van der Waals surface area contributed by atoms with E-state index in [9.17, 15) is 14.4 Å². The Morgan fingerprint density at radius 2 is 2.10 bits per heavy atom. The number of fused-ring (bicyclic) bond motifs is 1. The Hall–Kier alpha value is -2.37. The number of ether oxygens (including phenoxy) is 1. The van der Waals surface area contributed by atoms with Gasteiger partial charge < -0.3 is 15.4 Å². The predicted molar refractivity (Wildman–Crippen MR) is 72.3 cm³/mol. The molecule has 0 radical (unpaired) electrons. The molecule has 0 spiro atoms. The van der Waals surface area contributed by atoms with Crippen LogP contribution in [-0.4, -0.2) is 30.9 Å². The summed E-state index contributed by atoms with van der Waals surface area (Å²) in [5.74, 6) is -0.861. The van der Waals surface area contributed by atoms with Crippen molar-refractivity contribution in [3.8, 4) is 0 Å². The van der Waals surface area contributed by atoms with Crippen molar-refractivity contribution < 1.29 is 19.1 Å². The summed E-state index contributed by atoms with van der Waals surface area (Å²) in [5.41, 5.74) is 2.11. The summed E-state index contributed by atoms with van der Waals surface area (Å²) < 4.78 is 4.55. The Balaban J connectivity index is 2.12. The Morgan fingerprint density at radius 1 is 1.35 bits per heavy atom. The molecular weight excluding hydrogens is 260 g/mol. The van der Waals surface area contributed by atoms with Gasteiger partial charge in [-0.25, -0.2) is 4.79 Å². The minimum absolute atomic E-state index is 0.0194. The van der Waals surface area contributed by atoms with E-state index in [0.717, 1.165) is 11.3 Å². The maximum atomic E-state index is 12.0. The number of benzene rings is 1. The number of esters is 1. The fourth-order valence-electron chi connectivity index (χ4n) is 2.04. The molecule has 1 aromatic carbocycles. The molecule has 0 fully saturated rings. The van der Waals surface area contributed by atoms with Crippen LogP contribution in [0.1, 0.15) is 29.3 Å². The lowest BCUT2D eigenvalue weighted by molar-refractivity contribution is -0.142. The highest BCUT2D eigenvalue weighted by atomic mass is 16.5. The van der Waals surface area contributed by atoms with Crippen LogP contribution in [0, 0.1) is 0 Å². The number of hydrogen-bond donors (Lipinski definition) is 2. The average Bonchev–Trinajstić information content (AvgIpc) is 2.45. The average molecular weight is 276 g/mol. The molecule has 0 aliphatic carbocycles. The monoisotopic (exact) mass is 276 g/mol. The number of rotatable bonds is 3. The maximum Gasteiger partial charge on any atom is 0.328 e. The van der Waals surface area contributed by atoms with E-state index in [1.54, 1.807) is 25.1 Å². The molecular formula is C14H16N2O4. The van der Waals surface area contributed by atoms with Crippen LogP contribution in [-0.2, 0) is 20.7 Å². The molecule has 1 aromatic rings. The summed E-state index contributed by atoms with van der Waals surface area (Å²) in [7, 11) is 1.27. The molecule has 6 nitrogen and oxygen atoms in total. The Kier molecular flexibility index (Phi) is 4.02. The third kappa shape index (κ3) is 2.96. The number of carbonyl (C=O) groups excluding carboxylic acids is 3. The molecule has 2 amide bonds. The normalized spacial score (nSPS) is 14.8. The second-order valence-electron chi connectivity index (χ2n) is 4.64. The van der Waals surface area contributed by atoms with E-state index in [-0.39, 0.29) is 11.8 Å². The number of anilines is 1. The molecule has 1 heterocycles. The van der Waals surface area contributed by atoms with Crippen LogP contribution >= 0.6 is 0 Å². The highest BCUT2D eigenvalue weighted by Gasteiger charge is 2.19. The van der Waals surface area contributed by atoms with Crippen LogP contribution in [0.2, 0.25) is 0 Å². The Morgan fingerprint density at radius 3 is 2.80 bits per heavy atom. The van der Waals surface area contributed by atoms with Crippen molar-refractivity contribution in [3.63, 3.8) is 0 Å². The van der Waals surface area contributed by atoms with E-state index in [1.165, 1.54) is 7.11 Å². The van der Waals surface area contributed by atoms with Crippen molar-refractivity contribution in [3.05, 3.63) is 29.3 Å². The quantitative estimate of drug-likeness (QED) is 0.802. The highest BCUT2D eigenvalue weighted by Crippen LogP contribution is 2.23. The summed E-state index contributed by atoms with van der Waals surface area (Å²) in [6.07, 6.45) is 1.02. The highest BCUT2D eigenvalue weighted by molar-refractivity contribution is 5.99. The summed E-state index contributed by atoms with van der Waals surface area (Å²) in [5, 5.41) is 5.31. The van der Waals surface area contributed by atoms with Gasteiger partial charge in [0.15, 0.2) is 0 Å². The molecule has 0 saturated heterocycles. The van der Waals surface area contributed by atoms with Gasteiger partial charge in [0.1, 0.15) is 6.04 Å². The van der Waals surface area contributed by atoms with Crippen molar-refractivity contribution in [2.24, 2.45) is 0 Å². The van der Waals surface area contributed by atoms with Crippen molar-refractivity contribution in [1.29, 1.82) is 0 Å². The minimum Gasteiger partial charge on any atom is -0.467 e. The molecule has 1 atom stereocenters. The molecule has 1 aliphatic rings. The van der Waals surface area contributed by atoms with E-state index >= 15 is 0 Å². The molecule has 20 heavy (non-hydrogen) atoms. The zero-order chi connectivity index (χ0) is 14.7. The first-order chi connectivity index (χ1) is 9.51. The molecule has 2 rings (SSSR count). The molecule has 106 valence electrons. The molecule has 1 unspecified atom stereocenters. The smallest absolute Gasteiger partial charge is 0.328 e. The van der Waals surface area contributed by atoms with Crippen molar-refractivity contribution in [2.45, 2.75) is 25.8 Å². The summed E-state index contributed by atoms with van der Waals surface area (Å²) in [4.78, 5) is 34.5. The first-order valence-corrected chi connectivity index (χ1v) is 6.32. The van der Waals surface area contributed by atoms with Gasteiger partial charge in [0.05, 0.1) is 7.11 Å². The zero-order valence-corrected chi connectivity index (χ0v) is 11.4. The van der Waals surface area contributed by atoms with Crippen molar-refractivity contribution >= 4 is 23.5 Å². The molecule has 2 N–H and O–H groups in total. The molecule has 1 aliphatic heterocycles. The topological polar surface area (TPSA) is 84.5 Å². The fraction of sp³-hybridized carbons (Fsp3) is 0.357.